The van der Waals surface area contributed by atoms with Crippen LogP contribution in [0.4, 0.5) is 0 Å². The zero-order chi connectivity index (χ0) is 11.4. The Morgan fingerprint density at radius 3 is 2.44 bits per heavy atom. The fraction of sp³-hybridized carbons (Fsp3) is 0.462. The summed E-state index contributed by atoms with van der Waals surface area (Å²) in [4.78, 5) is 10.5. The normalized spacial score (nSPS) is 19.3. The SMILES string of the molecule is O=Cc1ccc(C(O)C2CCOCC2)cc1. The summed E-state index contributed by atoms with van der Waals surface area (Å²) in [5.74, 6) is 0.274. The van der Waals surface area contributed by atoms with Crippen molar-refractivity contribution in [1.82, 2.24) is 0 Å². The van der Waals surface area contributed by atoms with Crippen LogP contribution in [-0.2, 0) is 4.74 Å². The number of benzene rings is 1. The molecule has 1 saturated heterocycles. The highest BCUT2D eigenvalue weighted by Gasteiger charge is 2.23. The fourth-order valence-electron chi connectivity index (χ4n) is 2.08. The van der Waals surface area contributed by atoms with Gasteiger partial charge in [0.25, 0.3) is 0 Å². The maximum Gasteiger partial charge on any atom is 0.150 e. The van der Waals surface area contributed by atoms with Crippen LogP contribution in [0.1, 0.15) is 34.9 Å². The maximum atomic E-state index is 10.5. The molecule has 0 bridgehead atoms. The number of hydrogen-bond donors (Lipinski definition) is 1. The van der Waals surface area contributed by atoms with Gasteiger partial charge in [-0.05, 0) is 24.3 Å². The molecule has 3 heteroatoms. The van der Waals surface area contributed by atoms with Gasteiger partial charge < -0.3 is 9.84 Å². The summed E-state index contributed by atoms with van der Waals surface area (Å²) in [5, 5.41) is 10.2. The number of rotatable bonds is 3. The minimum Gasteiger partial charge on any atom is -0.388 e. The van der Waals surface area contributed by atoms with Gasteiger partial charge in [-0.2, -0.15) is 0 Å². The van der Waals surface area contributed by atoms with Crippen LogP contribution in [-0.4, -0.2) is 24.6 Å². The Kier molecular flexibility index (Phi) is 3.70. The lowest BCUT2D eigenvalue weighted by Crippen LogP contribution is -2.21. The highest BCUT2D eigenvalue weighted by Crippen LogP contribution is 2.29. The van der Waals surface area contributed by atoms with Crippen molar-refractivity contribution in [3.05, 3.63) is 35.4 Å². The van der Waals surface area contributed by atoms with Gasteiger partial charge in [-0.3, -0.25) is 4.79 Å². The van der Waals surface area contributed by atoms with Crippen LogP contribution in [0.3, 0.4) is 0 Å². The zero-order valence-corrected chi connectivity index (χ0v) is 9.13. The standard InChI is InChI=1S/C13H16O3/c14-9-10-1-3-11(4-2-10)13(15)12-5-7-16-8-6-12/h1-4,9,12-13,15H,5-8H2. The number of carbonyl (C=O) groups is 1. The van der Waals surface area contributed by atoms with Crippen molar-refractivity contribution >= 4 is 6.29 Å². The molecule has 3 nitrogen and oxygen atoms in total. The quantitative estimate of drug-likeness (QED) is 0.792. The zero-order valence-electron chi connectivity index (χ0n) is 9.13. The van der Waals surface area contributed by atoms with Crippen LogP contribution in [0, 0.1) is 5.92 Å². The average molecular weight is 220 g/mol. The van der Waals surface area contributed by atoms with Crippen LogP contribution in [0.25, 0.3) is 0 Å². The number of aliphatic hydroxyl groups excluding tert-OH is 1. The van der Waals surface area contributed by atoms with Gasteiger partial charge in [-0.25, -0.2) is 0 Å². The van der Waals surface area contributed by atoms with Gasteiger partial charge in [-0.15, -0.1) is 0 Å². The van der Waals surface area contributed by atoms with Crippen molar-refractivity contribution in [3.8, 4) is 0 Å². The Morgan fingerprint density at radius 2 is 1.88 bits per heavy atom. The molecule has 1 heterocycles. The van der Waals surface area contributed by atoms with Gasteiger partial charge in [0.2, 0.25) is 0 Å². The van der Waals surface area contributed by atoms with E-state index in [0.717, 1.165) is 37.9 Å². The first-order chi connectivity index (χ1) is 7.81. The largest absolute Gasteiger partial charge is 0.388 e. The molecular formula is C13H16O3. The van der Waals surface area contributed by atoms with E-state index >= 15 is 0 Å². The van der Waals surface area contributed by atoms with E-state index in [1.165, 1.54) is 0 Å². The molecule has 0 amide bonds. The van der Waals surface area contributed by atoms with Crippen molar-refractivity contribution in [2.75, 3.05) is 13.2 Å². The monoisotopic (exact) mass is 220 g/mol. The second-order valence-electron chi connectivity index (χ2n) is 4.18. The van der Waals surface area contributed by atoms with Crippen molar-refractivity contribution in [2.45, 2.75) is 18.9 Å². The minimum absolute atomic E-state index is 0.274. The molecule has 1 atom stereocenters. The summed E-state index contributed by atoms with van der Waals surface area (Å²) < 4.78 is 5.26. The third kappa shape index (κ3) is 2.49. The van der Waals surface area contributed by atoms with E-state index in [0.29, 0.717) is 5.56 Å². The predicted molar refractivity (Wildman–Crippen MR) is 60.3 cm³/mol. The molecule has 0 aliphatic carbocycles. The van der Waals surface area contributed by atoms with Gasteiger partial charge in [0, 0.05) is 18.8 Å². The van der Waals surface area contributed by atoms with Crippen LogP contribution in [0.2, 0.25) is 0 Å². The van der Waals surface area contributed by atoms with Gasteiger partial charge in [0.1, 0.15) is 6.29 Å². The summed E-state index contributed by atoms with van der Waals surface area (Å²) in [6, 6.07) is 7.13. The summed E-state index contributed by atoms with van der Waals surface area (Å²) in [6.07, 6.45) is 2.17. The molecule has 1 N–H and O–H groups in total. The first kappa shape index (κ1) is 11.3. The van der Waals surface area contributed by atoms with Gasteiger partial charge >= 0.3 is 0 Å². The summed E-state index contributed by atoms with van der Waals surface area (Å²) in [5.41, 5.74) is 1.53. The summed E-state index contributed by atoms with van der Waals surface area (Å²) >= 11 is 0. The van der Waals surface area contributed by atoms with Gasteiger partial charge in [-0.1, -0.05) is 24.3 Å². The Bertz CT molecular complexity index is 339. The third-order valence-corrected chi connectivity index (χ3v) is 3.13. The molecule has 0 aromatic heterocycles. The Labute approximate surface area is 95.0 Å². The van der Waals surface area contributed by atoms with Crippen molar-refractivity contribution < 1.29 is 14.6 Å². The number of hydrogen-bond acceptors (Lipinski definition) is 3. The number of aldehydes is 1. The topological polar surface area (TPSA) is 46.5 Å². The summed E-state index contributed by atoms with van der Waals surface area (Å²) in [7, 11) is 0. The number of carbonyl (C=O) groups excluding carboxylic acids is 1. The Hall–Kier alpha value is -1.19. The highest BCUT2D eigenvalue weighted by atomic mass is 16.5. The van der Waals surface area contributed by atoms with E-state index in [-0.39, 0.29) is 5.92 Å². The van der Waals surface area contributed by atoms with Gasteiger partial charge in [0.15, 0.2) is 0 Å². The van der Waals surface area contributed by atoms with E-state index in [1.54, 1.807) is 12.1 Å². The lowest BCUT2D eigenvalue weighted by Gasteiger charge is -2.26. The van der Waals surface area contributed by atoms with E-state index < -0.39 is 6.10 Å². The maximum absolute atomic E-state index is 10.5. The lowest BCUT2D eigenvalue weighted by molar-refractivity contribution is 0.00718. The molecule has 0 saturated carbocycles. The van der Waals surface area contributed by atoms with Crippen molar-refractivity contribution in [1.29, 1.82) is 0 Å². The Balaban J connectivity index is 2.06. The molecular weight excluding hydrogens is 204 g/mol. The molecule has 0 spiro atoms. The summed E-state index contributed by atoms with van der Waals surface area (Å²) in [6.45, 7) is 1.46. The van der Waals surface area contributed by atoms with Crippen LogP contribution in [0.5, 0.6) is 0 Å². The van der Waals surface area contributed by atoms with Gasteiger partial charge in [0.05, 0.1) is 6.10 Å². The molecule has 1 unspecified atom stereocenters. The van der Waals surface area contributed by atoms with Crippen molar-refractivity contribution in [3.63, 3.8) is 0 Å². The number of aliphatic hydroxyl groups is 1. The Morgan fingerprint density at radius 1 is 1.25 bits per heavy atom. The van der Waals surface area contributed by atoms with E-state index in [4.69, 9.17) is 4.74 Å². The molecule has 86 valence electrons. The van der Waals surface area contributed by atoms with Crippen molar-refractivity contribution in [2.24, 2.45) is 5.92 Å². The second-order valence-corrected chi connectivity index (χ2v) is 4.18. The molecule has 1 aliphatic heterocycles. The molecule has 1 aromatic rings. The van der Waals surface area contributed by atoms with E-state index in [9.17, 15) is 9.90 Å². The molecule has 1 aromatic carbocycles. The highest BCUT2D eigenvalue weighted by molar-refractivity contribution is 5.74. The molecule has 0 radical (unpaired) electrons. The minimum atomic E-state index is -0.440. The lowest BCUT2D eigenvalue weighted by atomic mass is 9.89. The van der Waals surface area contributed by atoms with Crippen LogP contribution in [0.15, 0.2) is 24.3 Å². The second kappa shape index (κ2) is 5.23. The smallest absolute Gasteiger partial charge is 0.150 e. The van der Waals surface area contributed by atoms with E-state index in [1.807, 2.05) is 12.1 Å². The first-order valence-corrected chi connectivity index (χ1v) is 5.62. The molecule has 1 aliphatic rings. The molecule has 1 fully saturated rings. The molecule has 2 rings (SSSR count). The van der Waals surface area contributed by atoms with Crippen LogP contribution >= 0.6 is 0 Å². The fourth-order valence-corrected chi connectivity index (χ4v) is 2.08. The van der Waals surface area contributed by atoms with Crippen LogP contribution < -0.4 is 0 Å². The van der Waals surface area contributed by atoms with E-state index in [2.05, 4.69) is 0 Å². The number of ether oxygens (including phenoxy) is 1. The predicted octanol–water partition coefficient (Wildman–Crippen LogP) is 1.96. The first-order valence-electron chi connectivity index (χ1n) is 5.62. The third-order valence-electron chi connectivity index (χ3n) is 3.13. The molecule has 16 heavy (non-hydrogen) atoms. The average Bonchev–Trinajstić information content (AvgIpc) is 2.39.